The summed E-state index contributed by atoms with van der Waals surface area (Å²) in [7, 11) is -4.92. The van der Waals surface area contributed by atoms with E-state index in [4.69, 9.17) is 9.84 Å². The molecular formula is C24H23F7N2O7S. The third kappa shape index (κ3) is 6.94. The molecule has 2 aromatic rings. The number of sulfonamides is 1. The van der Waals surface area contributed by atoms with Crippen molar-refractivity contribution in [1.29, 1.82) is 0 Å². The number of carboxylic acid groups (broad SMARTS) is 1. The molecule has 0 aliphatic carbocycles. The van der Waals surface area contributed by atoms with Crippen LogP contribution in [0.25, 0.3) is 0 Å². The van der Waals surface area contributed by atoms with Crippen molar-refractivity contribution >= 4 is 33.5 Å². The fourth-order valence-corrected chi connectivity index (χ4v) is 5.23. The predicted molar refractivity (Wildman–Crippen MR) is 128 cm³/mol. The zero-order valence-electron chi connectivity index (χ0n) is 21.4. The normalized spacial score (nSPS) is 16.8. The summed E-state index contributed by atoms with van der Waals surface area (Å²) in [5.41, 5.74) is -5.37. The molecular weight excluding hydrogens is 593 g/mol. The van der Waals surface area contributed by atoms with Gasteiger partial charge in [0.25, 0.3) is 10.0 Å². The molecule has 1 heterocycles. The minimum absolute atomic E-state index is 0.0914. The zero-order chi connectivity index (χ0) is 31.1. The van der Waals surface area contributed by atoms with Gasteiger partial charge in [-0.15, -0.1) is 0 Å². The molecule has 1 aliphatic rings. The molecule has 1 amide bonds. The smallest absolute Gasteiger partial charge is 0.427 e. The number of rotatable bonds is 7. The van der Waals surface area contributed by atoms with E-state index in [1.807, 2.05) is 5.32 Å². The van der Waals surface area contributed by atoms with Crippen molar-refractivity contribution in [3.8, 4) is 5.75 Å². The van der Waals surface area contributed by atoms with Gasteiger partial charge < -0.3 is 14.6 Å². The second-order valence-electron chi connectivity index (χ2n) is 9.61. The number of nitrogens with one attached hydrogen (secondary N) is 1. The van der Waals surface area contributed by atoms with Crippen LogP contribution in [-0.4, -0.2) is 50.0 Å². The Kier molecular flexibility index (Phi) is 8.45. The number of ether oxygens (including phenoxy) is 2. The average Bonchev–Trinajstić information content (AvgIpc) is 2.81. The Labute approximate surface area is 228 Å². The molecule has 2 N–H and O–H groups in total. The van der Waals surface area contributed by atoms with Crippen LogP contribution in [0.2, 0.25) is 0 Å². The van der Waals surface area contributed by atoms with Crippen molar-refractivity contribution in [1.82, 2.24) is 0 Å². The van der Waals surface area contributed by atoms with E-state index in [2.05, 4.69) is 4.74 Å². The molecule has 3 rings (SSSR count). The van der Waals surface area contributed by atoms with Gasteiger partial charge in [-0.05, 0) is 50.2 Å². The first-order valence-electron chi connectivity index (χ1n) is 11.6. The van der Waals surface area contributed by atoms with E-state index >= 15 is 0 Å². The summed E-state index contributed by atoms with van der Waals surface area (Å²) in [5.74, 6) is -3.97. The summed E-state index contributed by atoms with van der Waals surface area (Å²) < 4.78 is 131. The molecule has 9 nitrogen and oxygen atoms in total. The fourth-order valence-electron chi connectivity index (χ4n) is 3.72. The maximum Gasteiger partial charge on any atom is 0.427 e. The monoisotopic (exact) mass is 616 g/mol. The Bertz CT molecular complexity index is 1440. The molecule has 0 spiro atoms. The van der Waals surface area contributed by atoms with Crippen molar-refractivity contribution in [3.63, 3.8) is 0 Å². The molecule has 0 saturated carbocycles. The Balaban J connectivity index is 2.06. The van der Waals surface area contributed by atoms with E-state index in [0.29, 0.717) is 30.3 Å². The minimum Gasteiger partial charge on any atom is -0.486 e. The van der Waals surface area contributed by atoms with Crippen molar-refractivity contribution < 1.29 is 63.3 Å². The Morgan fingerprint density at radius 3 is 2.32 bits per heavy atom. The second kappa shape index (κ2) is 10.9. The highest BCUT2D eigenvalue weighted by Crippen LogP contribution is 2.42. The van der Waals surface area contributed by atoms with Gasteiger partial charge in [0.1, 0.15) is 17.7 Å². The van der Waals surface area contributed by atoms with Crippen LogP contribution < -0.4 is 14.4 Å². The molecule has 0 unspecified atom stereocenters. The number of hydrogen-bond acceptors (Lipinski definition) is 6. The molecule has 41 heavy (non-hydrogen) atoms. The number of benzene rings is 2. The molecule has 0 saturated heterocycles. The van der Waals surface area contributed by atoms with Crippen molar-refractivity contribution in [2.45, 2.75) is 56.1 Å². The molecule has 1 aliphatic heterocycles. The van der Waals surface area contributed by atoms with Gasteiger partial charge in [-0.1, -0.05) is 6.92 Å². The quantitative estimate of drug-likeness (QED) is 0.377. The largest absolute Gasteiger partial charge is 0.486 e. The van der Waals surface area contributed by atoms with Crippen molar-refractivity contribution in [2.24, 2.45) is 5.92 Å². The van der Waals surface area contributed by atoms with Crippen LogP contribution >= 0.6 is 0 Å². The highest BCUT2D eigenvalue weighted by molar-refractivity contribution is 7.92. The standard InChI is InChI=1S/C24H23F7N2O7S/c1-12(8-20(34)35)19-11-33(41(37,38)14-5-6-16(25)15(10-14)23(26,27)28)17-9-13(4-7-18(17)39-19)32-21(36)40-22(2,3)24(29,30)31/h4-7,9-10,12,19H,8,11H2,1-3H3,(H,32,36)(H,34,35)/t12-,19+/m0/s1. The van der Waals surface area contributed by atoms with Gasteiger partial charge in [0.15, 0.2) is 0 Å². The molecule has 17 heteroatoms. The number of anilines is 2. The molecule has 0 aromatic heterocycles. The van der Waals surface area contributed by atoms with Gasteiger partial charge in [0.2, 0.25) is 5.60 Å². The number of amides is 1. The highest BCUT2D eigenvalue weighted by Gasteiger charge is 2.51. The van der Waals surface area contributed by atoms with Gasteiger partial charge >= 0.3 is 24.4 Å². The van der Waals surface area contributed by atoms with Gasteiger partial charge in [0, 0.05) is 11.6 Å². The number of alkyl halides is 6. The number of hydrogen-bond donors (Lipinski definition) is 2. The van der Waals surface area contributed by atoms with Gasteiger partial charge in [0.05, 0.1) is 29.1 Å². The van der Waals surface area contributed by atoms with E-state index in [1.165, 1.54) is 6.92 Å². The lowest BCUT2D eigenvalue weighted by atomic mass is 9.99. The maximum atomic E-state index is 13.9. The third-order valence-electron chi connectivity index (χ3n) is 6.09. The van der Waals surface area contributed by atoms with Crippen molar-refractivity contribution in [2.75, 3.05) is 16.2 Å². The Hall–Kier alpha value is -3.76. The van der Waals surface area contributed by atoms with Crippen LogP contribution in [0.1, 0.15) is 32.8 Å². The topological polar surface area (TPSA) is 122 Å². The maximum absolute atomic E-state index is 13.9. The van der Waals surface area contributed by atoms with Gasteiger partial charge in [-0.2, -0.15) is 26.3 Å². The first-order valence-corrected chi connectivity index (χ1v) is 13.1. The summed E-state index contributed by atoms with van der Waals surface area (Å²) in [6, 6.07) is 4.21. The first-order chi connectivity index (χ1) is 18.6. The van der Waals surface area contributed by atoms with Crippen LogP contribution in [0, 0.1) is 11.7 Å². The molecule has 226 valence electrons. The predicted octanol–water partition coefficient (Wildman–Crippen LogP) is 5.80. The number of carbonyl (C=O) groups excluding carboxylic acids is 1. The van der Waals surface area contributed by atoms with Crippen LogP contribution in [-0.2, 0) is 25.7 Å². The summed E-state index contributed by atoms with van der Waals surface area (Å²) >= 11 is 0. The van der Waals surface area contributed by atoms with E-state index in [0.717, 1.165) is 18.2 Å². The summed E-state index contributed by atoms with van der Waals surface area (Å²) in [4.78, 5) is 22.4. The average molecular weight is 617 g/mol. The second-order valence-corrected chi connectivity index (χ2v) is 11.5. The van der Waals surface area contributed by atoms with Crippen LogP contribution in [0.5, 0.6) is 5.75 Å². The fraction of sp³-hybridized carbons (Fsp3) is 0.417. The number of carbonyl (C=O) groups is 2. The number of nitrogens with zero attached hydrogens (tertiary/aromatic N) is 1. The molecule has 0 bridgehead atoms. The summed E-state index contributed by atoms with van der Waals surface area (Å²) in [6.07, 6.45) is -13.3. The highest BCUT2D eigenvalue weighted by atomic mass is 32.2. The number of carboxylic acids is 1. The summed E-state index contributed by atoms with van der Waals surface area (Å²) in [5, 5.41) is 11.2. The molecule has 0 fully saturated rings. The Morgan fingerprint density at radius 1 is 1.12 bits per heavy atom. The molecule has 0 radical (unpaired) electrons. The lowest BCUT2D eigenvalue weighted by Crippen LogP contribution is -2.46. The van der Waals surface area contributed by atoms with E-state index in [1.54, 1.807) is 0 Å². The number of aliphatic carboxylic acids is 1. The van der Waals surface area contributed by atoms with Gasteiger partial charge in [-0.3, -0.25) is 14.4 Å². The molecule has 2 atom stereocenters. The van der Waals surface area contributed by atoms with Crippen LogP contribution in [0.3, 0.4) is 0 Å². The lowest BCUT2D eigenvalue weighted by Gasteiger charge is -2.38. The lowest BCUT2D eigenvalue weighted by molar-refractivity contribution is -0.242. The van der Waals surface area contributed by atoms with E-state index in [-0.39, 0.29) is 23.2 Å². The number of fused-ring (bicyclic) bond motifs is 1. The molecule has 2 aromatic carbocycles. The van der Waals surface area contributed by atoms with Crippen LogP contribution in [0.15, 0.2) is 41.3 Å². The van der Waals surface area contributed by atoms with E-state index < -0.39 is 81.3 Å². The zero-order valence-corrected chi connectivity index (χ0v) is 22.2. The third-order valence-corrected chi connectivity index (χ3v) is 7.87. The minimum atomic E-state index is -5.24. The van der Waals surface area contributed by atoms with Gasteiger partial charge in [-0.25, -0.2) is 17.6 Å². The first kappa shape index (κ1) is 31.8. The van der Waals surface area contributed by atoms with E-state index in [9.17, 15) is 48.7 Å². The Morgan fingerprint density at radius 2 is 1.76 bits per heavy atom. The number of halogens is 7. The SMILES string of the molecule is C[C@@H](CC(=O)O)[C@H]1CN(S(=O)(=O)c2ccc(F)c(C(F)(F)F)c2)c2cc(NC(=O)OC(C)(C)C(F)(F)F)ccc2O1. The van der Waals surface area contributed by atoms with Crippen LogP contribution in [0.4, 0.5) is 46.9 Å². The summed E-state index contributed by atoms with van der Waals surface area (Å²) in [6.45, 7) is 2.01. The van der Waals surface area contributed by atoms with Crippen molar-refractivity contribution in [3.05, 3.63) is 47.8 Å².